The molecule has 11 heavy (non-hydrogen) atoms. The fourth-order valence-corrected chi connectivity index (χ4v) is 1.23. The van der Waals surface area contributed by atoms with E-state index in [1.807, 2.05) is 13.1 Å². The lowest BCUT2D eigenvalue weighted by atomic mass is 10.2. The Morgan fingerprint density at radius 3 is 2.91 bits per heavy atom. The zero-order valence-corrected chi connectivity index (χ0v) is 7.42. The van der Waals surface area contributed by atoms with E-state index in [1.165, 1.54) is 5.57 Å². The summed E-state index contributed by atoms with van der Waals surface area (Å²) in [5.41, 5.74) is 1.35. The molecule has 0 saturated heterocycles. The zero-order valence-electron chi connectivity index (χ0n) is 7.42. The van der Waals surface area contributed by atoms with Crippen LogP contribution in [0.15, 0.2) is 23.6 Å². The highest BCUT2D eigenvalue weighted by Crippen LogP contribution is 2.12. The minimum atomic E-state index is 0.740. The van der Waals surface area contributed by atoms with E-state index in [1.54, 1.807) is 0 Å². The van der Waals surface area contributed by atoms with Crippen molar-refractivity contribution in [3.63, 3.8) is 0 Å². The molecule has 0 aromatic carbocycles. The molecule has 0 aromatic heterocycles. The first kappa shape index (κ1) is 8.18. The molecule has 0 aromatic rings. The normalized spacial score (nSPS) is 17.5. The third kappa shape index (κ3) is 2.30. The van der Waals surface area contributed by atoms with Gasteiger partial charge in [0.15, 0.2) is 0 Å². The number of hydrogen-bond acceptors (Lipinski definition) is 2. The van der Waals surface area contributed by atoms with Gasteiger partial charge in [0.25, 0.3) is 0 Å². The molecule has 1 aliphatic heterocycles. The maximum absolute atomic E-state index is 5.37. The second-order valence-electron chi connectivity index (χ2n) is 2.87. The van der Waals surface area contributed by atoms with Gasteiger partial charge in [-0.2, -0.15) is 0 Å². The van der Waals surface area contributed by atoms with E-state index >= 15 is 0 Å². The fraction of sp³-hybridized carbons (Fsp3) is 0.556. The van der Waals surface area contributed by atoms with Crippen molar-refractivity contribution in [3.8, 4) is 0 Å². The van der Waals surface area contributed by atoms with Gasteiger partial charge in [0.2, 0.25) is 0 Å². The standard InChI is InChI=1S/C9H15NO/c1-4-11-9-5-8(2)6-10(3)7-9/h5,7H,4,6H2,1-3H3. The van der Waals surface area contributed by atoms with E-state index in [4.69, 9.17) is 4.74 Å². The van der Waals surface area contributed by atoms with Crippen molar-refractivity contribution in [2.24, 2.45) is 0 Å². The second-order valence-corrected chi connectivity index (χ2v) is 2.87. The molecular weight excluding hydrogens is 138 g/mol. The van der Waals surface area contributed by atoms with Crippen LogP contribution in [0.3, 0.4) is 0 Å². The average molecular weight is 153 g/mol. The molecule has 1 aliphatic rings. The molecule has 0 fully saturated rings. The van der Waals surface area contributed by atoms with Gasteiger partial charge in [0.1, 0.15) is 5.76 Å². The summed E-state index contributed by atoms with van der Waals surface area (Å²) in [7, 11) is 2.05. The van der Waals surface area contributed by atoms with Crippen molar-refractivity contribution in [2.75, 3.05) is 20.2 Å². The van der Waals surface area contributed by atoms with Gasteiger partial charge in [-0.25, -0.2) is 0 Å². The summed E-state index contributed by atoms with van der Waals surface area (Å²) in [5, 5.41) is 0. The van der Waals surface area contributed by atoms with E-state index in [-0.39, 0.29) is 0 Å². The van der Waals surface area contributed by atoms with E-state index in [9.17, 15) is 0 Å². The molecule has 0 N–H and O–H groups in total. The molecule has 0 radical (unpaired) electrons. The minimum Gasteiger partial charge on any atom is -0.492 e. The Morgan fingerprint density at radius 1 is 1.64 bits per heavy atom. The van der Waals surface area contributed by atoms with Crippen LogP contribution >= 0.6 is 0 Å². The molecule has 2 heteroatoms. The molecule has 2 nitrogen and oxygen atoms in total. The molecule has 0 bridgehead atoms. The van der Waals surface area contributed by atoms with Crippen molar-refractivity contribution < 1.29 is 4.74 Å². The second kappa shape index (κ2) is 3.46. The van der Waals surface area contributed by atoms with Gasteiger partial charge in [0, 0.05) is 19.8 Å². The van der Waals surface area contributed by atoms with E-state index < -0.39 is 0 Å². The van der Waals surface area contributed by atoms with Gasteiger partial charge in [-0.3, -0.25) is 0 Å². The van der Waals surface area contributed by atoms with E-state index in [0.717, 1.165) is 18.9 Å². The van der Waals surface area contributed by atoms with Gasteiger partial charge in [-0.1, -0.05) is 5.57 Å². The molecule has 0 atom stereocenters. The third-order valence-corrected chi connectivity index (χ3v) is 1.55. The molecule has 0 spiro atoms. The van der Waals surface area contributed by atoms with Crippen LogP contribution in [0.2, 0.25) is 0 Å². The summed E-state index contributed by atoms with van der Waals surface area (Å²) < 4.78 is 5.37. The Labute approximate surface area is 68.1 Å². The molecule has 1 rings (SSSR count). The summed E-state index contributed by atoms with van der Waals surface area (Å²) in [6.07, 6.45) is 4.11. The quantitative estimate of drug-likeness (QED) is 0.599. The highest BCUT2D eigenvalue weighted by molar-refractivity contribution is 5.22. The molecule has 0 saturated carbocycles. The maximum atomic E-state index is 5.37. The predicted molar refractivity (Wildman–Crippen MR) is 46.1 cm³/mol. The summed E-state index contributed by atoms with van der Waals surface area (Å²) in [6, 6.07) is 0. The average Bonchev–Trinajstić information content (AvgIpc) is 1.85. The third-order valence-electron chi connectivity index (χ3n) is 1.55. The Morgan fingerprint density at radius 2 is 2.36 bits per heavy atom. The Hall–Kier alpha value is -0.920. The zero-order chi connectivity index (χ0) is 8.27. The lowest BCUT2D eigenvalue weighted by Crippen LogP contribution is -2.18. The van der Waals surface area contributed by atoms with Gasteiger partial charge in [-0.05, 0) is 19.9 Å². The van der Waals surface area contributed by atoms with Crippen LogP contribution in [-0.4, -0.2) is 25.1 Å². The first-order valence-corrected chi connectivity index (χ1v) is 3.94. The number of ether oxygens (including phenoxy) is 1. The van der Waals surface area contributed by atoms with Crippen LogP contribution in [0, 0.1) is 0 Å². The van der Waals surface area contributed by atoms with E-state index in [0.29, 0.717) is 0 Å². The summed E-state index contributed by atoms with van der Waals surface area (Å²) in [6.45, 7) is 5.86. The number of allylic oxidation sites excluding steroid dienone is 1. The summed E-state index contributed by atoms with van der Waals surface area (Å²) in [4.78, 5) is 2.13. The molecule has 0 aliphatic carbocycles. The number of nitrogens with zero attached hydrogens (tertiary/aromatic N) is 1. The highest BCUT2D eigenvalue weighted by Gasteiger charge is 2.04. The van der Waals surface area contributed by atoms with E-state index in [2.05, 4.69) is 24.9 Å². The molecule has 0 amide bonds. The van der Waals surface area contributed by atoms with Crippen molar-refractivity contribution in [1.29, 1.82) is 0 Å². The predicted octanol–water partition coefficient (Wildman–Crippen LogP) is 1.76. The van der Waals surface area contributed by atoms with Crippen LogP contribution in [0.25, 0.3) is 0 Å². The van der Waals surface area contributed by atoms with Crippen molar-refractivity contribution in [1.82, 2.24) is 4.90 Å². The first-order valence-electron chi connectivity index (χ1n) is 3.94. The summed E-state index contributed by atoms with van der Waals surface area (Å²) >= 11 is 0. The van der Waals surface area contributed by atoms with Crippen LogP contribution < -0.4 is 0 Å². The van der Waals surface area contributed by atoms with Gasteiger partial charge >= 0.3 is 0 Å². The fourth-order valence-electron chi connectivity index (χ4n) is 1.23. The Balaban J connectivity index is 2.62. The van der Waals surface area contributed by atoms with Crippen LogP contribution in [0.4, 0.5) is 0 Å². The minimum absolute atomic E-state index is 0.740. The topological polar surface area (TPSA) is 12.5 Å². The molecule has 62 valence electrons. The Kier molecular flexibility index (Phi) is 2.58. The van der Waals surface area contributed by atoms with Gasteiger partial charge < -0.3 is 9.64 Å². The molecular formula is C9H15NO. The number of likely N-dealkylation sites (N-methyl/N-ethyl adjacent to an activating group) is 1. The highest BCUT2D eigenvalue weighted by atomic mass is 16.5. The van der Waals surface area contributed by atoms with Gasteiger partial charge in [-0.15, -0.1) is 0 Å². The first-order chi connectivity index (χ1) is 5.22. The smallest absolute Gasteiger partial charge is 0.135 e. The lowest BCUT2D eigenvalue weighted by molar-refractivity contribution is 0.230. The van der Waals surface area contributed by atoms with Crippen LogP contribution in [0.1, 0.15) is 13.8 Å². The van der Waals surface area contributed by atoms with Crippen molar-refractivity contribution in [2.45, 2.75) is 13.8 Å². The lowest BCUT2D eigenvalue weighted by Gasteiger charge is -2.20. The van der Waals surface area contributed by atoms with Crippen molar-refractivity contribution in [3.05, 3.63) is 23.6 Å². The van der Waals surface area contributed by atoms with Crippen molar-refractivity contribution >= 4 is 0 Å². The number of hydrogen-bond donors (Lipinski definition) is 0. The van der Waals surface area contributed by atoms with Gasteiger partial charge in [0.05, 0.1) is 6.61 Å². The molecule has 1 heterocycles. The summed E-state index contributed by atoms with van der Waals surface area (Å²) in [5.74, 6) is 0.971. The maximum Gasteiger partial charge on any atom is 0.135 e. The molecule has 0 unspecified atom stereocenters. The number of rotatable bonds is 2. The monoisotopic (exact) mass is 153 g/mol. The Bertz CT molecular complexity index is 194. The van der Waals surface area contributed by atoms with Crippen LogP contribution in [-0.2, 0) is 4.74 Å². The van der Waals surface area contributed by atoms with Crippen LogP contribution in [0.5, 0.6) is 0 Å². The largest absolute Gasteiger partial charge is 0.492 e. The SMILES string of the molecule is CCOC1=CN(C)CC(C)=C1.